The number of carbonyl (C=O) groups excluding carboxylic acids is 2. The van der Waals surface area contributed by atoms with E-state index in [0.717, 1.165) is 0 Å². The summed E-state index contributed by atoms with van der Waals surface area (Å²) in [6.45, 7) is 5.18. The number of nitrogens with two attached hydrogens (primary N) is 1. The molecule has 0 aromatic heterocycles. The molecule has 0 atom stereocenters. The molecule has 2 aliphatic heterocycles. The zero-order chi connectivity index (χ0) is 23.3. The maximum atomic E-state index is 11.8. The van der Waals surface area contributed by atoms with Gasteiger partial charge in [0.05, 0.1) is 12.5 Å². The number of hydrogen-bond donors (Lipinski definition) is 2. The monoisotopic (exact) mass is 454 g/mol. The lowest BCUT2D eigenvalue weighted by Gasteiger charge is -2.35. The molecule has 2 aliphatic rings. The van der Waals surface area contributed by atoms with Crippen molar-refractivity contribution in [2.24, 2.45) is 17.1 Å². The summed E-state index contributed by atoms with van der Waals surface area (Å²) in [5.74, 6) is -0.423. The Labute approximate surface area is 182 Å². The van der Waals surface area contributed by atoms with Gasteiger partial charge < -0.3 is 29.4 Å². The predicted molar refractivity (Wildman–Crippen MR) is 107 cm³/mol. The molecule has 2 saturated heterocycles. The minimum absolute atomic E-state index is 0.0323. The lowest BCUT2D eigenvalue weighted by Crippen LogP contribution is -2.40. The number of ether oxygens (including phenoxy) is 5. The largest absolute Gasteiger partial charge is 0.444 e. The Balaban J connectivity index is 0.000000327. The fourth-order valence-corrected chi connectivity index (χ4v) is 2.98. The van der Waals surface area contributed by atoms with Gasteiger partial charge in [0, 0.05) is 38.4 Å². The van der Waals surface area contributed by atoms with Crippen LogP contribution in [0.4, 0.5) is 13.6 Å². The molecule has 0 aliphatic carbocycles. The van der Waals surface area contributed by atoms with E-state index in [0.29, 0.717) is 58.7 Å². The van der Waals surface area contributed by atoms with E-state index in [-0.39, 0.29) is 30.6 Å². The van der Waals surface area contributed by atoms with E-state index < -0.39 is 18.3 Å². The number of carbonyl (C=O) groups is 2. The standard InChI is InChI=1S/C12H21NO5.C8H15F2NO2/c1-12(2,3)18-11(15)13-8-17-10(14)9-4-6-16-7-5-9;9-7(10)13-6-8(5-11)1-3-12-4-2-8/h9H,4-8H2,1-3H3,(H,13,15);7H,1-6,11H2. The Morgan fingerprint density at radius 2 is 1.71 bits per heavy atom. The van der Waals surface area contributed by atoms with Gasteiger partial charge in [0.15, 0.2) is 6.73 Å². The number of nitrogens with one attached hydrogen (secondary N) is 1. The summed E-state index contributed by atoms with van der Waals surface area (Å²) in [7, 11) is 0. The first-order valence-corrected chi connectivity index (χ1v) is 10.5. The van der Waals surface area contributed by atoms with Crippen LogP contribution in [0.2, 0.25) is 0 Å². The van der Waals surface area contributed by atoms with Crippen molar-refractivity contribution in [3.8, 4) is 0 Å². The van der Waals surface area contributed by atoms with Gasteiger partial charge in [-0.2, -0.15) is 8.78 Å². The number of alkyl carbamates (subject to hydrolysis) is 1. The fraction of sp³-hybridized carbons (Fsp3) is 0.900. The molecular formula is C20H36F2N2O7. The first-order valence-electron chi connectivity index (χ1n) is 10.5. The Bertz CT molecular complexity index is 532. The molecule has 0 aromatic rings. The van der Waals surface area contributed by atoms with Gasteiger partial charge in [-0.15, -0.1) is 0 Å². The lowest BCUT2D eigenvalue weighted by molar-refractivity contribution is -0.161. The van der Waals surface area contributed by atoms with Crippen LogP contribution in [0.25, 0.3) is 0 Å². The summed E-state index contributed by atoms with van der Waals surface area (Å²) in [6.07, 6.45) is 2.16. The van der Waals surface area contributed by atoms with Gasteiger partial charge in [-0.25, -0.2) is 4.79 Å². The molecule has 182 valence electrons. The predicted octanol–water partition coefficient (Wildman–Crippen LogP) is 2.42. The molecule has 0 aromatic carbocycles. The molecule has 11 heteroatoms. The van der Waals surface area contributed by atoms with Crippen molar-refractivity contribution in [1.82, 2.24) is 5.32 Å². The van der Waals surface area contributed by atoms with E-state index in [1.165, 1.54) is 0 Å². The van der Waals surface area contributed by atoms with Crippen LogP contribution in [0, 0.1) is 11.3 Å². The second kappa shape index (κ2) is 13.8. The molecule has 9 nitrogen and oxygen atoms in total. The van der Waals surface area contributed by atoms with E-state index in [2.05, 4.69) is 10.1 Å². The molecule has 3 N–H and O–H groups in total. The van der Waals surface area contributed by atoms with E-state index in [1.807, 2.05) is 0 Å². The van der Waals surface area contributed by atoms with Crippen LogP contribution in [-0.2, 0) is 28.5 Å². The molecule has 0 saturated carbocycles. The highest BCUT2D eigenvalue weighted by Gasteiger charge is 2.32. The van der Waals surface area contributed by atoms with Crippen LogP contribution in [0.3, 0.4) is 0 Å². The Morgan fingerprint density at radius 1 is 1.13 bits per heavy atom. The average Bonchev–Trinajstić information content (AvgIpc) is 2.73. The third-order valence-corrected chi connectivity index (χ3v) is 4.89. The third kappa shape index (κ3) is 12.2. The number of rotatable bonds is 7. The van der Waals surface area contributed by atoms with Gasteiger partial charge in [0.1, 0.15) is 5.60 Å². The average molecular weight is 455 g/mol. The third-order valence-electron chi connectivity index (χ3n) is 4.89. The first kappa shape index (κ1) is 27.5. The van der Waals surface area contributed by atoms with E-state index in [9.17, 15) is 18.4 Å². The minimum Gasteiger partial charge on any atom is -0.444 e. The van der Waals surface area contributed by atoms with Gasteiger partial charge in [0.2, 0.25) is 0 Å². The normalized spacial score (nSPS) is 19.2. The zero-order valence-corrected chi connectivity index (χ0v) is 18.6. The van der Waals surface area contributed by atoms with Crippen LogP contribution in [0.5, 0.6) is 0 Å². The summed E-state index contributed by atoms with van der Waals surface area (Å²) in [4.78, 5) is 22.9. The second-order valence-electron chi connectivity index (χ2n) is 8.56. The van der Waals surface area contributed by atoms with Crippen molar-refractivity contribution in [2.75, 3.05) is 46.3 Å². The SMILES string of the molecule is CC(C)(C)OC(=O)NCOC(=O)C1CCOCC1.NCC1(COC(F)F)CCOCC1. The number of amides is 1. The Hall–Kier alpha value is -1.56. The minimum atomic E-state index is -2.70. The highest BCUT2D eigenvalue weighted by Crippen LogP contribution is 2.30. The van der Waals surface area contributed by atoms with E-state index >= 15 is 0 Å². The van der Waals surface area contributed by atoms with Crippen LogP contribution in [-0.4, -0.2) is 70.6 Å². The number of halogens is 2. The second-order valence-corrected chi connectivity index (χ2v) is 8.56. The quantitative estimate of drug-likeness (QED) is 0.445. The summed E-state index contributed by atoms with van der Waals surface area (Å²) >= 11 is 0. The summed E-state index contributed by atoms with van der Waals surface area (Å²) < 4.78 is 48.2. The van der Waals surface area contributed by atoms with Crippen molar-refractivity contribution in [2.45, 2.75) is 58.7 Å². The molecule has 2 rings (SSSR count). The topological polar surface area (TPSA) is 118 Å². The Kier molecular flexibility index (Phi) is 12.2. The van der Waals surface area contributed by atoms with Crippen LogP contribution < -0.4 is 11.1 Å². The maximum absolute atomic E-state index is 11.8. The van der Waals surface area contributed by atoms with Crippen molar-refractivity contribution in [3.63, 3.8) is 0 Å². The van der Waals surface area contributed by atoms with Gasteiger partial charge in [-0.3, -0.25) is 10.1 Å². The fourth-order valence-electron chi connectivity index (χ4n) is 2.98. The van der Waals surface area contributed by atoms with Gasteiger partial charge in [-0.1, -0.05) is 0 Å². The van der Waals surface area contributed by atoms with Crippen molar-refractivity contribution >= 4 is 12.1 Å². The summed E-state index contributed by atoms with van der Waals surface area (Å²) in [6, 6.07) is 0. The van der Waals surface area contributed by atoms with Gasteiger partial charge in [0.25, 0.3) is 0 Å². The number of alkyl halides is 2. The van der Waals surface area contributed by atoms with Crippen LogP contribution >= 0.6 is 0 Å². The highest BCUT2D eigenvalue weighted by atomic mass is 19.3. The molecule has 31 heavy (non-hydrogen) atoms. The highest BCUT2D eigenvalue weighted by molar-refractivity contribution is 5.73. The lowest BCUT2D eigenvalue weighted by atomic mass is 9.81. The zero-order valence-electron chi connectivity index (χ0n) is 18.6. The van der Waals surface area contributed by atoms with Gasteiger partial charge >= 0.3 is 18.7 Å². The summed E-state index contributed by atoms with van der Waals surface area (Å²) in [5, 5.41) is 2.37. The van der Waals surface area contributed by atoms with Crippen molar-refractivity contribution in [1.29, 1.82) is 0 Å². The molecular weight excluding hydrogens is 418 g/mol. The molecule has 0 bridgehead atoms. The van der Waals surface area contributed by atoms with E-state index in [1.54, 1.807) is 20.8 Å². The molecule has 0 spiro atoms. The summed E-state index contributed by atoms with van der Waals surface area (Å²) in [5.41, 5.74) is 4.69. The molecule has 1 amide bonds. The molecule has 2 heterocycles. The molecule has 0 radical (unpaired) electrons. The van der Waals surface area contributed by atoms with E-state index in [4.69, 9.17) is 24.7 Å². The Morgan fingerprint density at radius 3 is 2.23 bits per heavy atom. The number of esters is 1. The van der Waals surface area contributed by atoms with Crippen LogP contribution in [0.15, 0.2) is 0 Å². The first-order chi connectivity index (χ1) is 14.6. The molecule has 0 unspecified atom stereocenters. The number of hydrogen-bond acceptors (Lipinski definition) is 8. The van der Waals surface area contributed by atoms with Crippen LogP contribution in [0.1, 0.15) is 46.5 Å². The maximum Gasteiger partial charge on any atom is 0.410 e. The van der Waals surface area contributed by atoms with Gasteiger partial charge in [-0.05, 0) is 46.5 Å². The van der Waals surface area contributed by atoms with Crippen molar-refractivity contribution in [3.05, 3.63) is 0 Å². The molecule has 2 fully saturated rings. The smallest absolute Gasteiger partial charge is 0.410 e. The van der Waals surface area contributed by atoms with Crippen molar-refractivity contribution < 1.29 is 42.1 Å².